The summed E-state index contributed by atoms with van der Waals surface area (Å²) >= 11 is 0. The predicted molar refractivity (Wildman–Crippen MR) is 89.0 cm³/mol. The van der Waals surface area contributed by atoms with E-state index in [0.717, 1.165) is 33.1 Å². The lowest BCUT2D eigenvalue weighted by atomic mass is 9.79. The van der Waals surface area contributed by atoms with Crippen LogP contribution in [-0.2, 0) is 0 Å². The monoisotopic (exact) mass is 288 g/mol. The minimum Gasteiger partial charge on any atom is -0.456 e. The van der Waals surface area contributed by atoms with Crippen LogP contribution >= 0.6 is 0 Å². The van der Waals surface area contributed by atoms with Gasteiger partial charge in [-0.15, -0.1) is 0 Å². The molecular formula is C18H13BO3. The molecule has 0 saturated heterocycles. The largest absolute Gasteiger partial charge is 0.488 e. The highest BCUT2D eigenvalue weighted by atomic mass is 16.4. The normalized spacial score (nSPS) is 11.2. The van der Waals surface area contributed by atoms with E-state index in [9.17, 15) is 10.0 Å². The molecule has 1 heterocycles. The van der Waals surface area contributed by atoms with Crippen molar-refractivity contribution in [1.29, 1.82) is 0 Å². The Morgan fingerprint density at radius 1 is 0.682 bits per heavy atom. The fraction of sp³-hybridized carbons (Fsp3) is 0. The van der Waals surface area contributed by atoms with Gasteiger partial charge in [0.1, 0.15) is 11.2 Å². The van der Waals surface area contributed by atoms with Gasteiger partial charge < -0.3 is 14.5 Å². The summed E-state index contributed by atoms with van der Waals surface area (Å²) in [6.07, 6.45) is 0. The van der Waals surface area contributed by atoms with E-state index in [1.54, 1.807) is 12.1 Å². The summed E-state index contributed by atoms with van der Waals surface area (Å²) in [5.41, 5.74) is 4.08. The Labute approximate surface area is 127 Å². The molecular weight excluding hydrogens is 275 g/mol. The summed E-state index contributed by atoms with van der Waals surface area (Å²) in [5, 5.41) is 20.8. The molecule has 4 aromatic rings. The van der Waals surface area contributed by atoms with Crippen molar-refractivity contribution < 1.29 is 14.5 Å². The zero-order valence-electron chi connectivity index (χ0n) is 11.7. The van der Waals surface area contributed by atoms with Gasteiger partial charge in [-0.2, -0.15) is 0 Å². The van der Waals surface area contributed by atoms with Gasteiger partial charge in [0.25, 0.3) is 0 Å². The number of hydrogen-bond donors (Lipinski definition) is 2. The molecule has 0 spiro atoms. The van der Waals surface area contributed by atoms with Gasteiger partial charge in [0.2, 0.25) is 0 Å². The van der Waals surface area contributed by atoms with Crippen LogP contribution in [0.4, 0.5) is 0 Å². The predicted octanol–water partition coefficient (Wildman–Crippen LogP) is 2.93. The molecule has 106 valence electrons. The molecule has 0 atom stereocenters. The van der Waals surface area contributed by atoms with Crippen molar-refractivity contribution in [2.75, 3.05) is 0 Å². The zero-order chi connectivity index (χ0) is 15.1. The fourth-order valence-electron chi connectivity index (χ4n) is 2.78. The number of para-hydroxylation sites is 1. The molecule has 0 radical (unpaired) electrons. The average molecular weight is 288 g/mol. The standard InChI is InChI=1S/C18H13BO3/c20-19(21)14-5-3-4-12(10-14)13-8-9-16-15-6-1-2-7-17(15)22-18(16)11-13/h1-11,20-21H. The van der Waals surface area contributed by atoms with Crippen molar-refractivity contribution in [3.8, 4) is 11.1 Å². The Morgan fingerprint density at radius 3 is 2.32 bits per heavy atom. The second-order valence-electron chi connectivity index (χ2n) is 5.31. The van der Waals surface area contributed by atoms with E-state index in [0.29, 0.717) is 5.46 Å². The summed E-state index contributed by atoms with van der Waals surface area (Å²) in [6.45, 7) is 0. The molecule has 0 aliphatic carbocycles. The maximum absolute atomic E-state index is 9.30. The van der Waals surface area contributed by atoms with Gasteiger partial charge in [-0.1, -0.05) is 48.5 Å². The molecule has 4 heteroatoms. The Bertz CT molecular complexity index is 972. The van der Waals surface area contributed by atoms with Gasteiger partial charge in [0.15, 0.2) is 0 Å². The third-order valence-electron chi connectivity index (χ3n) is 3.90. The van der Waals surface area contributed by atoms with Crippen molar-refractivity contribution in [1.82, 2.24) is 0 Å². The van der Waals surface area contributed by atoms with Gasteiger partial charge in [0.05, 0.1) is 0 Å². The van der Waals surface area contributed by atoms with E-state index in [1.807, 2.05) is 54.6 Å². The maximum atomic E-state index is 9.30. The molecule has 3 nitrogen and oxygen atoms in total. The maximum Gasteiger partial charge on any atom is 0.488 e. The molecule has 1 aromatic heterocycles. The van der Waals surface area contributed by atoms with E-state index in [1.165, 1.54) is 0 Å². The minimum absolute atomic E-state index is 0.474. The van der Waals surface area contributed by atoms with Gasteiger partial charge in [-0.25, -0.2) is 0 Å². The molecule has 4 rings (SSSR count). The highest BCUT2D eigenvalue weighted by Gasteiger charge is 2.12. The molecule has 0 aliphatic heterocycles. The van der Waals surface area contributed by atoms with Crippen LogP contribution in [0.3, 0.4) is 0 Å². The SMILES string of the molecule is OB(O)c1cccc(-c2ccc3c(c2)oc2ccccc23)c1. The highest BCUT2D eigenvalue weighted by Crippen LogP contribution is 2.31. The number of hydrogen-bond acceptors (Lipinski definition) is 3. The molecule has 0 saturated carbocycles. The summed E-state index contributed by atoms with van der Waals surface area (Å²) in [6, 6.07) is 21.2. The van der Waals surface area contributed by atoms with Crippen LogP contribution < -0.4 is 5.46 Å². The minimum atomic E-state index is -1.46. The van der Waals surface area contributed by atoms with Crippen molar-refractivity contribution in [2.45, 2.75) is 0 Å². The molecule has 0 amide bonds. The van der Waals surface area contributed by atoms with Crippen LogP contribution in [0.5, 0.6) is 0 Å². The van der Waals surface area contributed by atoms with Crippen molar-refractivity contribution in [3.05, 3.63) is 66.7 Å². The van der Waals surface area contributed by atoms with Crippen LogP contribution in [0, 0.1) is 0 Å². The van der Waals surface area contributed by atoms with Crippen molar-refractivity contribution in [2.24, 2.45) is 0 Å². The first-order valence-corrected chi connectivity index (χ1v) is 7.10. The van der Waals surface area contributed by atoms with Gasteiger partial charge in [-0.05, 0) is 34.8 Å². The first-order valence-electron chi connectivity index (χ1n) is 7.10. The lowest BCUT2D eigenvalue weighted by Crippen LogP contribution is -2.29. The Balaban J connectivity index is 1.89. The molecule has 3 aromatic carbocycles. The summed E-state index contributed by atoms with van der Waals surface area (Å²) < 4.78 is 5.89. The third-order valence-corrected chi connectivity index (χ3v) is 3.90. The summed E-state index contributed by atoms with van der Waals surface area (Å²) in [7, 11) is -1.46. The first-order chi connectivity index (χ1) is 10.7. The van der Waals surface area contributed by atoms with Crippen LogP contribution in [0.15, 0.2) is 71.1 Å². The molecule has 0 aliphatic rings. The van der Waals surface area contributed by atoms with Crippen LogP contribution in [0.2, 0.25) is 0 Å². The lowest BCUT2D eigenvalue weighted by Gasteiger charge is -2.05. The van der Waals surface area contributed by atoms with Crippen LogP contribution in [0.1, 0.15) is 0 Å². The molecule has 0 fully saturated rings. The summed E-state index contributed by atoms with van der Waals surface area (Å²) in [4.78, 5) is 0. The van der Waals surface area contributed by atoms with Gasteiger partial charge in [-0.3, -0.25) is 0 Å². The third kappa shape index (κ3) is 2.10. The Hall–Kier alpha value is -2.56. The van der Waals surface area contributed by atoms with Gasteiger partial charge >= 0.3 is 7.12 Å². The van der Waals surface area contributed by atoms with Crippen LogP contribution in [-0.4, -0.2) is 17.2 Å². The number of benzene rings is 3. The van der Waals surface area contributed by atoms with E-state index in [2.05, 4.69) is 0 Å². The second kappa shape index (κ2) is 5.02. The number of fused-ring (bicyclic) bond motifs is 3. The molecule has 2 N–H and O–H groups in total. The smallest absolute Gasteiger partial charge is 0.456 e. The highest BCUT2D eigenvalue weighted by molar-refractivity contribution is 6.58. The van der Waals surface area contributed by atoms with Crippen molar-refractivity contribution in [3.63, 3.8) is 0 Å². The van der Waals surface area contributed by atoms with Gasteiger partial charge in [0, 0.05) is 10.8 Å². The molecule has 0 bridgehead atoms. The summed E-state index contributed by atoms with van der Waals surface area (Å²) in [5.74, 6) is 0. The van der Waals surface area contributed by atoms with E-state index in [-0.39, 0.29) is 0 Å². The molecule has 0 unspecified atom stereocenters. The van der Waals surface area contributed by atoms with Crippen molar-refractivity contribution >= 4 is 34.5 Å². The quantitative estimate of drug-likeness (QED) is 0.558. The van der Waals surface area contributed by atoms with E-state index >= 15 is 0 Å². The second-order valence-corrected chi connectivity index (χ2v) is 5.31. The van der Waals surface area contributed by atoms with E-state index < -0.39 is 7.12 Å². The topological polar surface area (TPSA) is 53.6 Å². The zero-order valence-corrected chi connectivity index (χ0v) is 11.7. The Morgan fingerprint density at radius 2 is 1.45 bits per heavy atom. The number of furan rings is 1. The first kappa shape index (κ1) is 13.1. The van der Waals surface area contributed by atoms with Crippen LogP contribution in [0.25, 0.3) is 33.1 Å². The molecule has 22 heavy (non-hydrogen) atoms. The number of rotatable bonds is 2. The Kier molecular flexibility index (Phi) is 3.00. The van der Waals surface area contributed by atoms with E-state index in [4.69, 9.17) is 4.42 Å². The lowest BCUT2D eigenvalue weighted by molar-refractivity contribution is 0.426. The average Bonchev–Trinajstić information content (AvgIpc) is 2.92. The fourth-order valence-corrected chi connectivity index (χ4v) is 2.78.